The fraction of sp³-hybridized carbons (Fsp3) is 0.467. The van der Waals surface area contributed by atoms with Crippen LogP contribution in [-0.2, 0) is 0 Å². The average molecular weight is 236 g/mol. The van der Waals surface area contributed by atoms with Crippen molar-refractivity contribution in [2.75, 3.05) is 7.11 Å². The third kappa shape index (κ3) is 5.53. The van der Waals surface area contributed by atoms with Gasteiger partial charge < -0.3 is 4.74 Å². The molecule has 0 bridgehead atoms. The molecule has 17 heavy (non-hydrogen) atoms. The Kier molecular flexibility index (Phi) is 6.38. The summed E-state index contributed by atoms with van der Waals surface area (Å²) in [6, 6.07) is 7.42. The minimum atomic E-state index is -0.0359. The molecule has 0 aliphatic carbocycles. The number of hydrogen-bond acceptors (Lipinski definition) is 1. The maximum absolute atomic E-state index is 13.5. The van der Waals surface area contributed by atoms with Crippen LogP contribution in [-0.4, -0.2) is 7.11 Å². The number of hydrogen-bond donors (Lipinski definition) is 0. The van der Waals surface area contributed by atoms with Crippen LogP contribution in [0.5, 0.6) is 5.75 Å². The van der Waals surface area contributed by atoms with Gasteiger partial charge in [0.1, 0.15) is 11.6 Å². The van der Waals surface area contributed by atoms with Gasteiger partial charge in [-0.15, -0.1) is 0 Å². The van der Waals surface area contributed by atoms with Gasteiger partial charge >= 0.3 is 0 Å². The third-order valence-corrected chi connectivity index (χ3v) is 2.71. The highest BCUT2D eigenvalue weighted by atomic mass is 19.1. The lowest BCUT2D eigenvalue weighted by Crippen LogP contribution is -1.83. The van der Waals surface area contributed by atoms with Crippen LogP contribution in [0.2, 0.25) is 0 Å². The zero-order chi connectivity index (χ0) is 12.5. The smallest absolute Gasteiger partial charge is 0.118 e. The molecule has 0 aliphatic heterocycles. The van der Waals surface area contributed by atoms with E-state index in [4.69, 9.17) is 4.74 Å². The molecule has 1 aromatic carbocycles. The molecule has 0 saturated heterocycles. The number of rotatable bonds is 7. The molecule has 0 radical (unpaired) electrons. The van der Waals surface area contributed by atoms with Gasteiger partial charge in [0.15, 0.2) is 0 Å². The zero-order valence-corrected chi connectivity index (χ0v) is 10.7. The van der Waals surface area contributed by atoms with Crippen LogP contribution < -0.4 is 4.74 Å². The van der Waals surface area contributed by atoms with Crippen LogP contribution in [0.4, 0.5) is 4.39 Å². The summed E-state index contributed by atoms with van der Waals surface area (Å²) in [5.74, 6) is 0.761. The highest BCUT2D eigenvalue weighted by molar-refractivity contribution is 5.52. The van der Waals surface area contributed by atoms with E-state index in [1.54, 1.807) is 13.2 Å². The third-order valence-electron chi connectivity index (χ3n) is 2.71. The Morgan fingerprint density at radius 2 is 1.88 bits per heavy atom. The molecule has 0 atom stereocenters. The summed E-state index contributed by atoms with van der Waals surface area (Å²) in [5.41, 5.74) is 0.888. The first-order valence-electron chi connectivity index (χ1n) is 6.26. The van der Waals surface area contributed by atoms with Gasteiger partial charge in [0.25, 0.3) is 0 Å². The van der Waals surface area contributed by atoms with Crippen LogP contribution in [0.25, 0.3) is 6.08 Å². The summed E-state index contributed by atoms with van der Waals surface area (Å²) >= 11 is 0. The molecule has 0 aromatic heterocycles. The summed E-state index contributed by atoms with van der Waals surface area (Å²) in [4.78, 5) is 0. The van der Waals surface area contributed by atoms with E-state index in [0.29, 0.717) is 6.42 Å². The van der Waals surface area contributed by atoms with Gasteiger partial charge in [0, 0.05) is 0 Å². The van der Waals surface area contributed by atoms with E-state index in [9.17, 15) is 4.39 Å². The SMILES string of the molecule is CCCCCC/C(F)=C/c1ccc(OC)cc1. The van der Waals surface area contributed by atoms with Crippen LogP contribution >= 0.6 is 0 Å². The van der Waals surface area contributed by atoms with Gasteiger partial charge in [-0.3, -0.25) is 0 Å². The monoisotopic (exact) mass is 236 g/mol. The van der Waals surface area contributed by atoms with E-state index >= 15 is 0 Å². The maximum Gasteiger partial charge on any atom is 0.118 e. The fourth-order valence-corrected chi connectivity index (χ4v) is 1.67. The van der Waals surface area contributed by atoms with Gasteiger partial charge in [0.2, 0.25) is 0 Å². The number of ether oxygens (including phenoxy) is 1. The molecule has 1 aromatic rings. The predicted molar refractivity (Wildman–Crippen MR) is 70.8 cm³/mol. The van der Waals surface area contributed by atoms with E-state index < -0.39 is 0 Å². The minimum absolute atomic E-state index is 0.0359. The second-order valence-electron chi connectivity index (χ2n) is 4.18. The van der Waals surface area contributed by atoms with Crippen molar-refractivity contribution in [2.24, 2.45) is 0 Å². The first-order chi connectivity index (χ1) is 8.26. The Bertz CT molecular complexity index is 340. The molecule has 0 unspecified atom stereocenters. The van der Waals surface area contributed by atoms with Gasteiger partial charge in [-0.2, -0.15) is 0 Å². The molecule has 1 nitrogen and oxygen atoms in total. The summed E-state index contributed by atoms with van der Waals surface area (Å²) < 4.78 is 18.6. The second-order valence-corrected chi connectivity index (χ2v) is 4.18. The normalized spacial score (nSPS) is 11.6. The first kappa shape index (κ1) is 13.8. The molecule has 0 saturated carbocycles. The van der Waals surface area contributed by atoms with Gasteiger partial charge in [0.05, 0.1) is 7.11 Å². The lowest BCUT2D eigenvalue weighted by atomic mass is 10.1. The van der Waals surface area contributed by atoms with Crippen molar-refractivity contribution in [3.63, 3.8) is 0 Å². The van der Waals surface area contributed by atoms with Crippen LogP contribution in [0.1, 0.15) is 44.6 Å². The van der Waals surface area contributed by atoms with Crippen molar-refractivity contribution in [2.45, 2.75) is 39.0 Å². The summed E-state index contributed by atoms with van der Waals surface area (Å²) in [6.45, 7) is 2.16. The topological polar surface area (TPSA) is 9.23 Å². The molecule has 0 aliphatic rings. The molecular weight excluding hydrogens is 215 g/mol. The van der Waals surface area contributed by atoms with Gasteiger partial charge in [-0.05, 0) is 36.6 Å². The zero-order valence-electron chi connectivity index (χ0n) is 10.7. The Hall–Kier alpha value is -1.31. The molecule has 1 rings (SSSR count). The van der Waals surface area contributed by atoms with Crippen molar-refractivity contribution in [1.82, 2.24) is 0 Å². The van der Waals surface area contributed by atoms with E-state index in [0.717, 1.165) is 24.2 Å². The summed E-state index contributed by atoms with van der Waals surface area (Å²) in [7, 11) is 1.62. The largest absolute Gasteiger partial charge is 0.497 e. The van der Waals surface area contributed by atoms with E-state index in [2.05, 4.69) is 6.92 Å². The lowest BCUT2D eigenvalue weighted by Gasteiger charge is -2.01. The van der Waals surface area contributed by atoms with Crippen LogP contribution in [0.3, 0.4) is 0 Å². The number of halogens is 1. The molecular formula is C15H21FO. The van der Waals surface area contributed by atoms with Crippen molar-refractivity contribution in [3.05, 3.63) is 35.7 Å². The Labute approximate surface area is 103 Å². The lowest BCUT2D eigenvalue weighted by molar-refractivity contribution is 0.415. The summed E-state index contributed by atoms with van der Waals surface area (Å²) in [5, 5.41) is 0. The van der Waals surface area contributed by atoms with Crippen molar-refractivity contribution < 1.29 is 9.13 Å². The Morgan fingerprint density at radius 3 is 2.47 bits per heavy atom. The Balaban J connectivity index is 2.43. The predicted octanol–water partition coefficient (Wildman–Crippen LogP) is 4.98. The fourth-order valence-electron chi connectivity index (χ4n) is 1.67. The van der Waals surface area contributed by atoms with Crippen molar-refractivity contribution in [1.29, 1.82) is 0 Å². The van der Waals surface area contributed by atoms with E-state index in [-0.39, 0.29) is 5.83 Å². The van der Waals surface area contributed by atoms with Crippen LogP contribution in [0.15, 0.2) is 30.1 Å². The molecule has 0 spiro atoms. The molecule has 94 valence electrons. The molecule has 2 heteroatoms. The molecule has 0 heterocycles. The highest BCUT2D eigenvalue weighted by Gasteiger charge is 1.97. The minimum Gasteiger partial charge on any atom is -0.497 e. The maximum atomic E-state index is 13.5. The molecule has 0 amide bonds. The van der Waals surface area contributed by atoms with Gasteiger partial charge in [-0.1, -0.05) is 38.3 Å². The van der Waals surface area contributed by atoms with Gasteiger partial charge in [-0.25, -0.2) is 4.39 Å². The first-order valence-corrected chi connectivity index (χ1v) is 6.26. The van der Waals surface area contributed by atoms with E-state index in [1.165, 1.54) is 12.8 Å². The molecule has 0 fully saturated rings. The van der Waals surface area contributed by atoms with Crippen molar-refractivity contribution in [3.8, 4) is 5.75 Å². The number of benzene rings is 1. The van der Waals surface area contributed by atoms with E-state index in [1.807, 2.05) is 24.3 Å². The second kappa shape index (κ2) is 7.88. The summed E-state index contributed by atoms with van der Waals surface area (Å²) in [6.07, 6.45) is 6.57. The van der Waals surface area contributed by atoms with Crippen molar-refractivity contribution >= 4 is 6.08 Å². The number of methoxy groups -OCH3 is 1. The Morgan fingerprint density at radius 1 is 1.18 bits per heavy atom. The number of unbranched alkanes of at least 4 members (excludes halogenated alkanes) is 3. The highest BCUT2D eigenvalue weighted by Crippen LogP contribution is 2.17. The average Bonchev–Trinajstić information content (AvgIpc) is 2.36. The van der Waals surface area contributed by atoms with Crippen LogP contribution in [0, 0.1) is 0 Å². The molecule has 0 N–H and O–H groups in total. The quantitative estimate of drug-likeness (QED) is 0.607. The standard InChI is InChI=1S/C15H21FO/c1-3-4-5-6-7-14(16)12-13-8-10-15(17-2)11-9-13/h8-12H,3-7H2,1-2H3/b14-12-. The number of allylic oxidation sites excluding steroid dienone is 1.